The Bertz CT molecular complexity index is 183. The van der Waals surface area contributed by atoms with Crippen molar-refractivity contribution >= 4 is 11.9 Å². The first-order chi connectivity index (χ1) is 6.07. The Balaban J connectivity index is 3.80. The fraction of sp³-hybridized carbons (Fsp3) is 0.714. The average molecular weight is 190 g/mol. The van der Waals surface area contributed by atoms with Gasteiger partial charge in [0.1, 0.15) is 6.04 Å². The Morgan fingerprint density at radius 1 is 1.38 bits per heavy atom. The molecule has 0 saturated heterocycles. The molecule has 0 saturated carbocycles. The van der Waals surface area contributed by atoms with Crippen LogP contribution in [0, 0.1) is 0 Å². The van der Waals surface area contributed by atoms with Crippen molar-refractivity contribution in [2.75, 3.05) is 13.1 Å². The molecule has 6 heteroatoms. The predicted molar refractivity (Wildman–Crippen MR) is 45.4 cm³/mol. The van der Waals surface area contributed by atoms with Gasteiger partial charge in [0.15, 0.2) is 0 Å². The Hall–Kier alpha value is -1.14. The zero-order valence-corrected chi connectivity index (χ0v) is 7.19. The first-order valence-corrected chi connectivity index (χ1v) is 3.96. The Labute approximate surface area is 75.7 Å². The van der Waals surface area contributed by atoms with E-state index >= 15 is 0 Å². The zero-order chi connectivity index (χ0) is 10.3. The van der Waals surface area contributed by atoms with Gasteiger partial charge in [-0.3, -0.25) is 14.9 Å². The van der Waals surface area contributed by atoms with Crippen LogP contribution in [0.5, 0.6) is 0 Å². The van der Waals surface area contributed by atoms with Crippen molar-refractivity contribution in [3.05, 3.63) is 0 Å². The number of nitrogens with two attached hydrogens (primary N) is 1. The molecule has 0 aliphatic carbocycles. The Morgan fingerprint density at radius 2 is 2.00 bits per heavy atom. The molecule has 0 amide bonds. The summed E-state index contributed by atoms with van der Waals surface area (Å²) in [7, 11) is 0. The van der Waals surface area contributed by atoms with E-state index < -0.39 is 18.0 Å². The molecule has 0 aliphatic heterocycles. The third-order valence-electron chi connectivity index (χ3n) is 1.49. The summed E-state index contributed by atoms with van der Waals surface area (Å²) < 4.78 is 0. The lowest BCUT2D eigenvalue weighted by atomic mass is 10.1. The second-order valence-electron chi connectivity index (χ2n) is 2.60. The third kappa shape index (κ3) is 6.06. The molecule has 0 spiro atoms. The van der Waals surface area contributed by atoms with Gasteiger partial charge in [0.05, 0.1) is 6.54 Å². The van der Waals surface area contributed by atoms with Crippen molar-refractivity contribution in [3.8, 4) is 0 Å². The maximum Gasteiger partial charge on any atom is 0.320 e. The van der Waals surface area contributed by atoms with Crippen molar-refractivity contribution in [2.45, 2.75) is 18.9 Å². The van der Waals surface area contributed by atoms with Crippen LogP contribution in [0.4, 0.5) is 0 Å². The van der Waals surface area contributed by atoms with Gasteiger partial charge in [0.25, 0.3) is 0 Å². The Morgan fingerprint density at radius 3 is 2.38 bits per heavy atom. The van der Waals surface area contributed by atoms with E-state index in [1.54, 1.807) is 0 Å². The van der Waals surface area contributed by atoms with Gasteiger partial charge < -0.3 is 15.9 Å². The maximum absolute atomic E-state index is 10.5. The number of hydrogen-bond donors (Lipinski definition) is 4. The van der Waals surface area contributed by atoms with Crippen molar-refractivity contribution in [2.24, 2.45) is 5.73 Å². The molecule has 1 atom stereocenters. The van der Waals surface area contributed by atoms with Gasteiger partial charge in [-0.05, 0) is 19.4 Å². The summed E-state index contributed by atoms with van der Waals surface area (Å²) in [5.74, 6) is -2.12. The highest BCUT2D eigenvalue weighted by Gasteiger charge is 2.16. The number of rotatable bonds is 7. The molecule has 0 aromatic carbocycles. The largest absolute Gasteiger partial charge is 0.480 e. The molecule has 0 heterocycles. The standard InChI is InChI=1S/C7H14N2O4/c8-3-1-2-5(7(12)13)9-4-6(10)11/h5,9H,1-4,8H2,(H,10,11)(H,12,13)/t5-/m1/s1. The number of carboxylic acid groups (broad SMARTS) is 2. The van der Waals surface area contributed by atoms with E-state index in [0.717, 1.165) is 0 Å². The molecule has 0 radical (unpaired) electrons. The maximum atomic E-state index is 10.5. The molecule has 13 heavy (non-hydrogen) atoms. The lowest BCUT2D eigenvalue weighted by Gasteiger charge is -2.11. The zero-order valence-electron chi connectivity index (χ0n) is 7.19. The van der Waals surface area contributed by atoms with Crippen LogP contribution in [0.15, 0.2) is 0 Å². The van der Waals surface area contributed by atoms with Crippen LogP contribution < -0.4 is 11.1 Å². The van der Waals surface area contributed by atoms with Crippen LogP contribution in [-0.4, -0.2) is 41.3 Å². The fourth-order valence-electron chi connectivity index (χ4n) is 0.845. The smallest absolute Gasteiger partial charge is 0.320 e. The summed E-state index contributed by atoms with van der Waals surface area (Å²) in [6.07, 6.45) is 0.905. The van der Waals surface area contributed by atoms with E-state index in [4.69, 9.17) is 15.9 Å². The van der Waals surface area contributed by atoms with Gasteiger partial charge in [-0.2, -0.15) is 0 Å². The van der Waals surface area contributed by atoms with Crippen LogP contribution in [-0.2, 0) is 9.59 Å². The number of carboxylic acids is 2. The number of carbonyl (C=O) groups is 2. The number of hydrogen-bond acceptors (Lipinski definition) is 4. The highest BCUT2D eigenvalue weighted by molar-refractivity contribution is 5.75. The Kier molecular flexibility index (Phi) is 5.82. The minimum atomic E-state index is -1.07. The topological polar surface area (TPSA) is 113 Å². The van der Waals surface area contributed by atoms with E-state index in [9.17, 15) is 9.59 Å². The summed E-state index contributed by atoms with van der Waals surface area (Å²) in [6, 6.07) is -0.820. The van der Waals surface area contributed by atoms with Crippen molar-refractivity contribution in [1.82, 2.24) is 5.32 Å². The molecule has 0 bridgehead atoms. The van der Waals surface area contributed by atoms with Gasteiger partial charge in [-0.25, -0.2) is 0 Å². The first-order valence-electron chi connectivity index (χ1n) is 3.96. The number of aliphatic carboxylic acids is 2. The lowest BCUT2D eigenvalue weighted by Crippen LogP contribution is -2.39. The lowest BCUT2D eigenvalue weighted by molar-refractivity contribution is -0.140. The molecule has 5 N–H and O–H groups in total. The highest BCUT2D eigenvalue weighted by Crippen LogP contribution is 1.95. The molecule has 0 aromatic heterocycles. The molecule has 0 aliphatic rings. The van der Waals surface area contributed by atoms with E-state index in [0.29, 0.717) is 19.4 Å². The van der Waals surface area contributed by atoms with Gasteiger partial charge in [-0.1, -0.05) is 0 Å². The van der Waals surface area contributed by atoms with Crippen molar-refractivity contribution in [3.63, 3.8) is 0 Å². The molecule has 0 rings (SSSR count). The summed E-state index contributed by atoms with van der Waals surface area (Å²) in [5.41, 5.74) is 5.20. The van der Waals surface area contributed by atoms with E-state index in [1.165, 1.54) is 0 Å². The van der Waals surface area contributed by atoms with Crippen molar-refractivity contribution in [1.29, 1.82) is 0 Å². The molecule has 0 aromatic rings. The molecule has 0 unspecified atom stereocenters. The average Bonchev–Trinajstić information content (AvgIpc) is 2.03. The van der Waals surface area contributed by atoms with Gasteiger partial charge in [-0.15, -0.1) is 0 Å². The van der Waals surface area contributed by atoms with Crippen LogP contribution in [0.3, 0.4) is 0 Å². The van der Waals surface area contributed by atoms with E-state index in [-0.39, 0.29) is 6.54 Å². The van der Waals surface area contributed by atoms with Crippen molar-refractivity contribution < 1.29 is 19.8 Å². The van der Waals surface area contributed by atoms with Crippen LogP contribution in [0.2, 0.25) is 0 Å². The quantitative estimate of drug-likeness (QED) is 0.403. The monoisotopic (exact) mass is 190 g/mol. The second-order valence-corrected chi connectivity index (χ2v) is 2.60. The van der Waals surface area contributed by atoms with Crippen LogP contribution in [0.25, 0.3) is 0 Å². The third-order valence-corrected chi connectivity index (χ3v) is 1.49. The van der Waals surface area contributed by atoms with Crippen LogP contribution >= 0.6 is 0 Å². The summed E-state index contributed by atoms with van der Waals surface area (Å²) >= 11 is 0. The van der Waals surface area contributed by atoms with E-state index in [2.05, 4.69) is 5.32 Å². The van der Waals surface area contributed by atoms with Gasteiger partial charge in [0.2, 0.25) is 0 Å². The highest BCUT2D eigenvalue weighted by atomic mass is 16.4. The predicted octanol–water partition coefficient (Wildman–Crippen LogP) is -1.15. The fourth-order valence-corrected chi connectivity index (χ4v) is 0.845. The minimum Gasteiger partial charge on any atom is -0.480 e. The minimum absolute atomic E-state index is 0.346. The molecule has 6 nitrogen and oxygen atoms in total. The van der Waals surface area contributed by atoms with Gasteiger partial charge >= 0.3 is 11.9 Å². The second kappa shape index (κ2) is 6.38. The molecular weight excluding hydrogens is 176 g/mol. The normalized spacial score (nSPS) is 12.4. The summed E-state index contributed by atoms with van der Waals surface area (Å²) in [4.78, 5) is 20.6. The molecule has 0 fully saturated rings. The van der Waals surface area contributed by atoms with E-state index in [1.807, 2.05) is 0 Å². The summed E-state index contributed by atoms with van der Waals surface area (Å²) in [5, 5.41) is 19.3. The number of nitrogens with one attached hydrogen (secondary N) is 1. The first kappa shape index (κ1) is 11.9. The molecule has 76 valence electrons. The SMILES string of the molecule is NCCC[C@@H](NCC(=O)O)C(=O)O. The molecular formula is C7H14N2O4. The summed E-state index contributed by atoms with van der Waals surface area (Å²) in [6.45, 7) is 0.0556. The van der Waals surface area contributed by atoms with Gasteiger partial charge in [0, 0.05) is 0 Å². The van der Waals surface area contributed by atoms with Crippen LogP contribution in [0.1, 0.15) is 12.8 Å².